The molecule has 228 valence electrons. The molecule has 4 aromatic rings. The molecule has 0 N–H and O–H groups in total. The first-order valence-corrected chi connectivity index (χ1v) is 14.1. The molecule has 0 bridgehead atoms. The van der Waals surface area contributed by atoms with Crippen LogP contribution in [0.4, 0.5) is 0 Å². The van der Waals surface area contributed by atoms with Gasteiger partial charge in [-0.3, -0.25) is 0 Å². The van der Waals surface area contributed by atoms with Crippen molar-refractivity contribution >= 4 is 30.2 Å². The number of esters is 4. The van der Waals surface area contributed by atoms with E-state index in [1.54, 1.807) is 84.9 Å². The third kappa shape index (κ3) is 7.67. The fourth-order valence-electron chi connectivity index (χ4n) is 4.71. The Hall–Kier alpha value is -5.61. The number of hydrogen-bond acceptors (Lipinski definition) is 10. The zero-order valence-corrected chi connectivity index (χ0v) is 23.8. The van der Waals surface area contributed by atoms with Crippen molar-refractivity contribution in [2.24, 2.45) is 0 Å². The maximum absolute atomic E-state index is 13.4. The van der Waals surface area contributed by atoms with Crippen LogP contribution in [0.25, 0.3) is 0 Å². The van der Waals surface area contributed by atoms with Gasteiger partial charge in [-0.05, 0) is 48.5 Å². The molecule has 0 aliphatic carbocycles. The van der Waals surface area contributed by atoms with E-state index >= 15 is 0 Å². The highest BCUT2D eigenvalue weighted by Gasteiger charge is 2.53. The Labute approximate surface area is 258 Å². The van der Waals surface area contributed by atoms with Crippen molar-refractivity contribution in [1.82, 2.24) is 0 Å². The summed E-state index contributed by atoms with van der Waals surface area (Å²) in [6.45, 7) is -0.496. The van der Waals surface area contributed by atoms with Crippen LogP contribution < -0.4 is 0 Å². The van der Waals surface area contributed by atoms with Gasteiger partial charge in [-0.2, -0.15) is 0 Å². The second-order valence-corrected chi connectivity index (χ2v) is 9.95. The highest BCUT2D eigenvalue weighted by molar-refractivity contribution is 5.91. The largest absolute Gasteiger partial charge is 0.459 e. The van der Waals surface area contributed by atoms with Crippen LogP contribution >= 0.6 is 0 Å². The SMILES string of the molecule is O=C[C@@H]1O[C@H](COC(=O)c2ccccc2)[C@H](OC(=O)c2ccccc2)[C@H](OC(=O)c2ccccc2)[C@H]1OC(=O)c1ccccc1. The molecule has 5 rings (SSSR count). The summed E-state index contributed by atoms with van der Waals surface area (Å²) in [6.07, 6.45) is -6.99. The monoisotopic (exact) mass is 608 g/mol. The van der Waals surface area contributed by atoms with E-state index < -0.39 is 61.0 Å². The molecule has 0 spiro atoms. The molecule has 1 aliphatic rings. The Kier molecular flexibility index (Phi) is 10.1. The number of rotatable bonds is 10. The Morgan fingerprint density at radius 1 is 0.511 bits per heavy atom. The van der Waals surface area contributed by atoms with Crippen molar-refractivity contribution < 1.29 is 47.7 Å². The molecule has 1 saturated heterocycles. The van der Waals surface area contributed by atoms with Gasteiger partial charge in [-0.15, -0.1) is 0 Å². The zero-order chi connectivity index (χ0) is 31.6. The van der Waals surface area contributed by atoms with Crippen LogP contribution in [0, 0.1) is 0 Å². The average Bonchev–Trinajstić information content (AvgIpc) is 3.10. The van der Waals surface area contributed by atoms with Crippen molar-refractivity contribution in [3.05, 3.63) is 144 Å². The van der Waals surface area contributed by atoms with Gasteiger partial charge in [0, 0.05) is 0 Å². The van der Waals surface area contributed by atoms with Gasteiger partial charge in [-0.1, -0.05) is 72.8 Å². The number of carbonyl (C=O) groups excluding carboxylic acids is 5. The van der Waals surface area contributed by atoms with E-state index in [-0.39, 0.29) is 22.3 Å². The summed E-state index contributed by atoms with van der Waals surface area (Å²) in [5.74, 6) is -3.19. The van der Waals surface area contributed by atoms with Crippen molar-refractivity contribution in [2.75, 3.05) is 6.61 Å². The highest BCUT2D eigenvalue weighted by atomic mass is 16.7. The molecule has 0 radical (unpaired) electrons. The van der Waals surface area contributed by atoms with E-state index in [2.05, 4.69) is 0 Å². The van der Waals surface area contributed by atoms with Gasteiger partial charge in [0.2, 0.25) is 0 Å². The minimum Gasteiger partial charge on any atom is -0.459 e. The summed E-state index contributed by atoms with van der Waals surface area (Å²) >= 11 is 0. The first-order valence-electron chi connectivity index (χ1n) is 14.1. The molecule has 10 heteroatoms. The molecule has 10 nitrogen and oxygen atoms in total. The smallest absolute Gasteiger partial charge is 0.338 e. The summed E-state index contributed by atoms with van der Waals surface area (Å²) in [6, 6.07) is 32.1. The van der Waals surface area contributed by atoms with Gasteiger partial charge in [-0.25, -0.2) is 19.2 Å². The lowest BCUT2D eigenvalue weighted by Gasteiger charge is -2.43. The minimum absolute atomic E-state index is 0.153. The highest BCUT2D eigenvalue weighted by Crippen LogP contribution is 2.30. The second-order valence-electron chi connectivity index (χ2n) is 9.95. The molecule has 1 heterocycles. The molecule has 0 amide bonds. The first-order chi connectivity index (χ1) is 21.9. The lowest BCUT2D eigenvalue weighted by molar-refractivity contribution is -0.221. The molecular weight excluding hydrogens is 580 g/mol. The van der Waals surface area contributed by atoms with Crippen LogP contribution in [0.2, 0.25) is 0 Å². The number of aldehydes is 1. The fraction of sp³-hybridized carbons (Fsp3) is 0.171. The lowest BCUT2D eigenvalue weighted by Crippen LogP contribution is -2.63. The third-order valence-electron chi connectivity index (χ3n) is 6.95. The minimum atomic E-state index is -1.55. The quantitative estimate of drug-likeness (QED) is 0.144. The number of benzene rings is 4. The Bertz CT molecular complexity index is 1610. The van der Waals surface area contributed by atoms with E-state index in [0.717, 1.165) is 0 Å². The summed E-state index contributed by atoms with van der Waals surface area (Å²) in [5.41, 5.74) is 0.729. The van der Waals surface area contributed by atoms with Crippen molar-refractivity contribution in [1.29, 1.82) is 0 Å². The molecule has 0 aromatic heterocycles. The van der Waals surface area contributed by atoms with Crippen LogP contribution in [-0.2, 0) is 28.5 Å². The fourth-order valence-corrected chi connectivity index (χ4v) is 4.71. The standard InChI is InChI=1S/C35H28O10/c36-21-27-29(43-33(38)24-15-7-2-8-16-24)31(45-35(40)26-19-11-4-12-20-26)30(44-34(39)25-17-9-3-10-18-25)28(42-27)22-41-32(37)23-13-5-1-6-14-23/h1-21,27-31H,22H2/t27-,28+,29-,30-,31+/m0/s1. The van der Waals surface area contributed by atoms with Crippen LogP contribution in [-0.4, -0.2) is 67.3 Å². The number of ether oxygens (including phenoxy) is 5. The normalized spacial score (nSPS) is 20.7. The second kappa shape index (κ2) is 14.7. The number of hydrogen-bond donors (Lipinski definition) is 0. The van der Waals surface area contributed by atoms with E-state index in [0.29, 0.717) is 6.29 Å². The van der Waals surface area contributed by atoms with Crippen LogP contribution in [0.5, 0.6) is 0 Å². The number of carbonyl (C=O) groups is 5. The van der Waals surface area contributed by atoms with E-state index in [1.165, 1.54) is 36.4 Å². The molecule has 1 aliphatic heterocycles. The average molecular weight is 609 g/mol. The summed E-state index contributed by atoms with van der Waals surface area (Å²) in [4.78, 5) is 65.0. The molecular formula is C35H28O10. The molecule has 5 atom stereocenters. The summed E-state index contributed by atoms with van der Waals surface area (Å²) in [7, 11) is 0. The van der Waals surface area contributed by atoms with Gasteiger partial charge in [0.1, 0.15) is 12.7 Å². The first kappa shape index (κ1) is 30.8. The van der Waals surface area contributed by atoms with Crippen LogP contribution in [0.1, 0.15) is 41.4 Å². The van der Waals surface area contributed by atoms with Crippen molar-refractivity contribution in [3.8, 4) is 0 Å². The van der Waals surface area contributed by atoms with Gasteiger partial charge in [0.05, 0.1) is 22.3 Å². The van der Waals surface area contributed by atoms with Crippen molar-refractivity contribution in [2.45, 2.75) is 30.5 Å². The molecule has 1 fully saturated rings. The Morgan fingerprint density at radius 3 is 1.27 bits per heavy atom. The lowest BCUT2D eigenvalue weighted by atomic mass is 9.94. The maximum atomic E-state index is 13.4. The molecule has 0 unspecified atom stereocenters. The van der Waals surface area contributed by atoms with Gasteiger partial charge in [0.15, 0.2) is 30.7 Å². The predicted molar refractivity (Wildman–Crippen MR) is 158 cm³/mol. The van der Waals surface area contributed by atoms with E-state index in [9.17, 15) is 24.0 Å². The predicted octanol–water partition coefficient (Wildman–Crippen LogP) is 4.49. The molecule has 0 saturated carbocycles. The Balaban J connectivity index is 1.50. The summed E-state index contributed by atoms with van der Waals surface area (Å²) < 4.78 is 28.9. The molecule has 4 aromatic carbocycles. The maximum Gasteiger partial charge on any atom is 0.338 e. The van der Waals surface area contributed by atoms with Crippen molar-refractivity contribution in [3.63, 3.8) is 0 Å². The zero-order valence-electron chi connectivity index (χ0n) is 23.8. The summed E-state index contributed by atoms with van der Waals surface area (Å²) in [5, 5.41) is 0. The topological polar surface area (TPSA) is 132 Å². The van der Waals surface area contributed by atoms with Gasteiger partial charge >= 0.3 is 23.9 Å². The van der Waals surface area contributed by atoms with E-state index in [4.69, 9.17) is 23.7 Å². The molecule has 45 heavy (non-hydrogen) atoms. The Morgan fingerprint density at radius 2 is 0.867 bits per heavy atom. The van der Waals surface area contributed by atoms with Gasteiger partial charge < -0.3 is 28.5 Å². The van der Waals surface area contributed by atoms with Gasteiger partial charge in [0.25, 0.3) is 0 Å². The van der Waals surface area contributed by atoms with Crippen LogP contribution in [0.15, 0.2) is 121 Å². The third-order valence-corrected chi connectivity index (χ3v) is 6.95. The van der Waals surface area contributed by atoms with Crippen LogP contribution in [0.3, 0.4) is 0 Å². The van der Waals surface area contributed by atoms with E-state index in [1.807, 2.05) is 0 Å².